The molecule has 1 aromatic carbocycles. The van der Waals surface area contributed by atoms with Crippen molar-refractivity contribution in [2.45, 2.75) is 6.61 Å². The summed E-state index contributed by atoms with van der Waals surface area (Å²) in [5.74, 6) is 0.734. The molecule has 6 heteroatoms. The molecule has 4 nitrogen and oxygen atoms in total. The van der Waals surface area contributed by atoms with Crippen molar-refractivity contribution in [2.24, 2.45) is 0 Å². The maximum atomic E-state index is 5.75. The lowest BCUT2D eigenvalue weighted by Gasteiger charge is -2.05. The average molecular weight is 324 g/mol. The molecule has 0 saturated heterocycles. The molecule has 2 heterocycles. The predicted octanol–water partition coefficient (Wildman–Crippen LogP) is 3.32. The minimum absolute atomic E-state index is 0.435. The van der Waals surface area contributed by atoms with Crippen molar-refractivity contribution < 1.29 is 4.74 Å². The quantitative estimate of drug-likeness (QED) is 0.752. The fraction of sp³-hybridized carbons (Fsp3) is 0.0833. The number of halogens is 1. The first-order valence-electron chi connectivity index (χ1n) is 5.31. The minimum Gasteiger partial charge on any atom is -0.487 e. The van der Waals surface area contributed by atoms with Crippen molar-refractivity contribution >= 4 is 37.9 Å². The van der Waals surface area contributed by atoms with Crippen LogP contribution < -0.4 is 10.5 Å². The number of ether oxygens (including phenoxy) is 1. The standard InChI is InChI=1S/C12H10BrN3OS/c13-8-3-9(14)5-11(4-8)17-7-10-6-16-1-2-18-12(16)15-10/h1-6H,7,14H2. The van der Waals surface area contributed by atoms with E-state index in [0.29, 0.717) is 12.3 Å². The fourth-order valence-electron chi connectivity index (χ4n) is 1.67. The number of benzene rings is 1. The Bertz CT molecular complexity index is 643. The van der Waals surface area contributed by atoms with Crippen LogP contribution in [0.4, 0.5) is 5.69 Å². The van der Waals surface area contributed by atoms with Crippen LogP contribution in [0.3, 0.4) is 0 Å². The van der Waals surface area contributed by atoms with E-state index in [1.165, 1.54) is 0 Å². The van der Waals surface area contributed by atoms with Gasteiger partial charge in [0.1, 0.15) is 12.4 Å². The van der Waals surface area contributed by atoms with E-state index in [4.69, 9.17) is 10.5 Å². The lowest BCUT2D eigenvalue weighted by molar-refractivity contribution is 0.302. The molecule has 18 heavy (non-hydrogen) atoms. The van der Waals surface area contributed by atoms with Gasteiger partial charge < -0.3 is 10.5 Å². The summed E-state index contributed by atoms with van der Waals surface area (Å²) in [7, 11) is 0. The van der Waals surface area contributed by atoms with Gasteiger partial charge >= 0.3 is 0 Å². The van der Waals surface area contributed by atoms with Gasteiger partial charge in [-0.3, -0.25) is 4.40 Å². The molecule has 3 aromatic rings. The lowest BCUT2D eigenvalue weighted by Crippen LogP contribution is -1.96. The summed E-state index contributed by atoms with van der Waals surface area (Å²) in [6.45, 7) is 0.435. The van der Waals surface area contributed by atoms with Crippen LogP contribution in [-0.2, 0) is 6.61 Å². The molecule has 0 radical (unpaired) electrons. The molecule has 3 rings (SSSR count). The van der Waals surface area contributed by atoms with E-state index in [2.05, 4.69) is 20.9 Å². The number of imidazole rings is 1. The van der Waals surface area contributed by atoms with E-state index < -0.39 is 0 Å². The number of hydrogen-bond donors (Lipinski definition) is 1. The maximum Gasteiger partial charge on any atom is 0.193 e. The Labute approximate surface area is 116 Å². The Kier molecular flexibility index (Phi) is 2.97. The number of aromatic nitrogens is 2. The second kappa shape index (κ2) is 4.62. The first-order valence-corrected chi connectivity index (χ1v) is 6.98. The number of nitrogens with two attached hydrogens (primary N) is 1. The SMILES string of the molecule is Nc1cc(Br)cc(OCc2cn3ccsc3n2)c1. The molecule has 2 aromatic heterocycles. The third-order valence-electron chi connectivity index (χ3n) is 2.42. The number of nitrogen functional groups attached to an aromatic ring is 1. The van der Waals surface area contributed by atoms with Crippen molar-refractivity contribution in [3.8, 4) is 5.75 Å². The van der Waals surface area contributed by atoms with Gasteiger partial charge in [0.2, 0.25) is 0 Å². The topological polar surface area (TPSA) is 52.5 Å². The van der Waals surface area contributed by atoms with Gasteiger partial charge in [-0.25, -0.2) is 4.98 Å². The number of nitrogens with zero attached hydrogens (tertiary/aromatic N) is 2. The van der Waals surface area contributed by atoms with Crippen LogP contribution in [0.1, 0.15) is 5.69 Å². The smallest absolute Gasteiger partial charge is 0.193 e. The number of rotatable bonds is 3. The molecule has 0 bridgehead atoms. The van der Waals surface area contributed by atoms with Crippen molar-refractivity contribution in [1.29, 1.82) is 0 Å². The average Bonchev–Trinajstić information content (AvgIpc) is 2.84. The monoisotopic (exact) mass is 323 g/mol. The van der Waals surface area contributed by atoms with Crippen LogP contribution in [-0.4, -0.2) is 9.38 Å². The normalized spacial score (nSPS) is 10.9. The summed E-state index contributed by atoms with van der Waals surface area (Å²) < 4.78 is 8.56. The fourth-order valence-corrected chi connectivity index (χ4v) is 2.88. The van der Waals surface area contributed by atoms with Crippen molar-refractivity contribution in [1.82, 2.24) is 9.38 Å². The molecule has 0 aliphatic carbocycles. The van der Waals surface area contributed by atoms with Gasteiger partial charge in [-0.2, -0.15) is 0 Å². The van der Waals surface area contributed by atoms with Crippen LogP contribution in [0, 0.1) is 0 Å². The van der Waals surface area contributed by atoms with Crippen molar-refractivity contribution in [2.75, 3.05) is 5.73 Å². The van der Waals surface area contributed by atoms with E-state index in [1.54, 1.807) is 17.4 Å². The third-order valence-corrected chi connectivity index (χ3v) is 3.65. The molecule has 92 valence electrons. The summed E-state index contributed by atoms with van der Waals surface area (Å²) in [4.78, 5) is 5.42. The number of fused-ring (bicyclic) bond motifs is 1. The lowest BCUT2D eigenvalue weighted by atomic mass is 10.3. The van der Waals surface area contributed by atoms with E-state index in [0.717, 1.165) is 20.9 Å². The zero-order chi connectivity index (χ0) is 12.5. The van der Waals surface area contributed by atoms with Crippen molar-refractivity contribution in [3.63, 3.8) is 0 Å². The first-order chi connectivity index (χ1) is 8.70. The van der Waals surface area contributed by atoms with E-state index in [-0.39, 0.29) is 0 Å². The second-order valence-corrected chi connectivity index (χ2v) is 5.62. The van der Waals surface area contributed by atoms with Gasteiger partial charge in [0, 0.05) is 34.0 Å². The summed E-state index contributed by atoms with van der Waals surface area (Å²) in [6.07, 6.45) is 3.95. The molecule has 0 fully saturated rings. The summed E-state index contributed by atoms with van der Waals surface area (Å²) in [5, 5.41) is 2.00. The Morgan fingerprint density at radius 3 is 3.06 bits per heavy atom. The van der Waals surface area contributed by atoms with Crippen LogP contribution in [0.25, 0.3) is 4.96 Å². The molecule has 2 N–H and O–H groups in total. The number of anilines is 1. The highest BCUT2D eigenvalue weighted by Crippen LogP contribution is 2.23. The van der Waals surface area contributed by atoms with E-state index in [1.807, 2.05) is 34.3 Å². The van der Waals surface area contributed by atoms with Crippen LogP contribution in [0.2, 0.25) is 0 Å². The minimum atomic E-state index is 0.435. The van der Waals surface area contributed by atoms with Crippen LogP contribution in [0.5, 0.6) is 5.75 Å². The molecule has 0 saturated carbocycles. The van der Waals surface area contributed by atoms with Gasteiger partial charge in [-0.1, -0.05) is 15.9 Å². The molecular formula is C12H10BrN3OS. The van der Waals surface area contributed by atoms with Crippen molar-refractivity contribution in [3.05, 3.63) is 46.1 Å². The predicted molar refractivity (Wildman–Crippen MR) is 76.0 cm³/mol. The third kappa shape index (κ3) is 2.34. The molecule has 0 amide bonds. The zero-order valence-electron chi connectivity index (χ0n) is 9.34. The number of thiazole rings is 1. The zero-order valence-corrected chi connectivity index (χ0v) is 11.7. The van der Waals surface area contributed by atoms with Crippen LogP contribution in [0.15, 0.2) is 40.4 Å². The van der Waals surface area contributed by atoms with Gasteiger partial charge in [-0.15, -0.1) is 11.3 Å². The second-order valence-electron chi connectivity index (χ2n) is 3.83. The summed E-state index contributed by atoms with van der Waals surface area (Å²) in [6, 6.07) is 5.51. The molecule has 0 spiro atoms. The Morgan fingerprint density at radius 2 is 2.28 bits per heavy atom. The Balaban J connectivity index is 1.75. The van der Waals surface area contributed by atoms with Crippen LogP contribution >= 0.6 is 27.3 Å². The molecule has 0 aliphatic rings. The van der Waals surface area contributed by atoms with E-state index >= 15 is 0 Å². The van der Waals surface area contributed by atoms with E-state index in [9.17, 15) is 0 Å². The van der Waals surface area contributed by atoms with Gasteiger partial charge in [0.05, 0.1) is 5.69 Å². The Hall–Kier alpha value is -1.53. The number of hydrogen-bond acceptors (Lipinski definition) is 4. The highest BCUT2D eigenvalue weighted by atomic mass is 79.9. The first kappa shape index (κ1) is 11.6. The van der Waals surface area contributed by atoms with Gasteiger partial charge in [-0.05, 0) is 12.1 Å². The Morgan fingerprint density at radius 1 is 1.39 bits per heavy atom. The highest BCUT2D eigenvalue weighted by molar-refractivity contribution is 9.10. The summed E-state index contributed by atoms with van der Waals surface area (Å²) >= 11 is 4.99. The summed E-state index contributed by atoms with van der Waals surface area (Å²) in [5.41, 5.74) is 7.32. The maximum absolute atomic E-state index is 5.75. The molecular weight excluding hydrogens is 314 g/mol. The van der Waals surface area contributed by atoms with Gasteiger partial charge in [0.25, 0.3) is 0 Å². The molecule has 0 unspecified atom stereocenters. The van der Waals surface area contributed by atoms with Gasteiger partial charge in [0.15, 0.2) is 4.96 Å². The largest absolute Gasteiger partial charge is 0.487 e. The molecule has 0 aliphatic heterocycles. The highest BCUT2D eigenvalue weighted by Gasteiger charge is 2.04. The molecule has 0 atom stereocenters.